The quantitative estimate of drug-likeness (QED) is 0.575. The molecule has 1 heterocycles. The third-order valence-corrected chi connectivity index (χ3v) is 5.10. The van der Waals surface area contributed by atoms with Crippen LogP contribution in [0.25, 0.3) is 21.4 Å². The van der Waals surface area contributed by atoms with E-state index in [9.17, 15) is 18.0 Å². The summed E-state index contributed by atoms with van der Waals surface area (Å²) in [6.07, 6.45) is -2.65. The summed E-state index contributed by atoms with van der Waals surface area (Å²) in [6, 6.07) is 8.27. The fourth-order valence-electron chi connectivity index (χ4n) is 3.14. The molecular weight excluding hydrogens is 405 g/mol. The Hall–Kier alpha value is -3.05. The van der Waals surface area contributed by atoms with Gasteiger partial charge in [0.15, 0.2) is 5.69 Å². The van der Waals surface area contributed by atoms with Gasteiger partial charge in [0.2, 0.25) is 0 Å². The number of anilines is 1. The van der Waals surface area contributed by atoms with E-state index in [0.717, 1.165) is 29.5 Å². The van der Waals surface area contributed by atoms with Gasteiger partial charge in [0.1, 0.15) is 5.82 Å². The van der Waals surface area contributed by atoms with Crippen LogP contribution in [0.3, 0.4) is 0 Å². The summed E-state index contributed by atoms with van der Waals surface area (Å²) in [4.78, 5) is 19.9. The van der Waals surface area contributed by atoms with Gasteiger partial charge in [-0.1, -0.05) is 23.7 Å². The van der Waals surface area contributed by atoms with Crippen LogP contribution in [-0.4, -0.2) is 16.1 Å². The molecule has 4 rings (SSSR count). The molecule has 2 aromatic carbocycles. The molecule has 5 nitrogen and oxygen atoms in total. The molecule has 1 aromatic heterocycles. The maximum absolute atomic E-state index is 13.6. The van der Waals surface area contributed by atoms with Crippen molar-refractivity contribution in [1.82, 2.24) is 9.55 Å². The largest absolute Gasteiger partial charge is 0.407 e. The summed E-state index contributed by atoms with van der Waals surface area (Å²) < 4.78 is 41.7. The number of fused-ring (bicyclic) bond motifs is 1. The molecular formula is C20H14ClF3N4O. The average Bonchev–Trinajstić information content (AvgIpc) is 3.50. The van der Waals surface area contributed by atoms with Crippen molar-refractivity contribution < 1.29 is 13.2 Å². The average molecular weight is 419 g/mol. The Bertz CT molecular complexity index is 1210. The van der Waals surface area contributed by atoms with Gasteiger partial charge in [-0.05, 0) is 43.0 Å². The first-order valence-corrected chi connectivity index (χ1v) is 9.21. The molecule has 1 fully saturated rings. The number of aromatic nitrogens is 2. The molecule has 0 aliphatic heterocycles. The smallest absolute Gasteiger partial charge is 0.369 e. The minimum atomic E-state index is -4.75. The van der Waals surface area contributed by atoms with E-state index in [1.807, 2.05) is 0 Å². The summed E-state index contributed by atoms with van der Waals surface area (Å²) in [5.74, 6) is 0.617. The second-order valence-corrected chi connectivity index (χ2v) is 7.26. The van der Waals surface area contributed by atoms with Crippen LogP contribution in [0.5, 0.6) is 0 Å². The predicted octanol–water partition coefficient (Wildman–Crippen LogP) is 5.43. The van der Waals surface area contributed by atoms with Gasteiger partial charge < -0.3 is 5.32 Å². The topological polar surface area (TPSA) is 51.3 Å². The molecule has 1 saturated carbocycles. The van der Waals surface area contributed by atoms with E-state index in [1.165, 1.54) is 12.1 Å². The highest BCUT2D eigenvalue weighted by Crippen LogP contribution is 2.40. The van der Waals surface area contributed by atoms with Crippen LogP contribution in [0.15, 0.2) is 41.2 Å². The zero-order valence-electron chi connectivity index (χ0n) is 14.9. The normalized spacial score (nSPS) is 14.0. The number of nitrogens with one attached hydrogen (secondary N) is 1. The van der Waals surface area contributed by atoms with Crippen molar-refractivity contribution in [3.05, 3.63) is 68.9 Å². The molecule has 1 N–H and O–H groups in total. The highest BCUT2D eigenvalue weighted by Gasteiger charge is 2.34. The number of benzene rings is 2. The molecule has 0 atom stereocenters. The van der Waals surface area contributed by atoms with Crippen LogP contribution in [0.1, 0.15) is 18.4 Å². The number of nitrogens with zero attached hydrogens (tertiary/aromatic N) is 3. The van der Waals surface area contributed by atoms with Crippen LogP contribution in [0, 0.1) is 12.5 Å². The Morgan fingerprint density at radius 1 is 1.28 bits per heavy atom. The lowest BCUT2D eigenvalue weighted by atomic mass is 10.1. The number of alkyl halides is 3. The standard InChI is InChI=1S/C20H14ClF3N4O/c1-25-15-8-12-17(9-13(15)20(22,23)24)28(16-5-3-2-4-14(16)21)19(29)27-18(12)26-10-11-6-7-11/h2-5,8-9,11H,6-7,10H2,(H,26,27,29). The van der Waals surface area contributed by atoms with E-state index in [1.54, 1.807) is 12.1 Å². The maximum atomic E-state index is 13.6. The van der Waals surface area contributed by atoms with Gasteiger partial charge in [0, 0.05) is 11.9 Å². The fraction of sp³-hybridized carbons (Fsp3) is 0.250. The highest BCUT2D eigenvalue weighted by atomic mass is 35.5. The summed E-state index contributed by atoms with van der Waals surface area (Å²) in [7, 11) is 0. The second kappa shape index (κ2) is 7.08. The SMILES string of the molecule is [C-]#[N+]c1cc2c(NCC3CC3)nc(=O)n(-c3ccccc3Cl)c2cc1C(F)(F)F. The fourth-order valence-corrected chi connectivity index (χ4v) is 3.36. The Balaban J connectivity index is 2.06. The zero-order chi connectivity index (χ0) is 20.8. The predicted molar refractivity (Wildman–Crippen MR) is 105 cm³/mol. The Morgan fingerprint density at radius 2 is 2.00 bits per heavy atom. The summed E-state index contributed by atoms with van der Waals surface area (Å²) in [5, 5.41) is 3.50. The van der Waals surface area contributed by atoms with E-state index >= 15 is 0 Å². The van der Waals surface area contributed by atoms with Crippen LogP contribution in [0.2, 0.25) is 5.02 Å². The van der Waals surface area contributed by atoms with Crippen molar-refractivity contribution in [3.63, 3.8) is 0 Å². The van der Waals surface area contributed by atoms with Crippen molar-refractivity contribution in [2.75, 3.05) is 11.9 Å². The van der Waals surface area contributed by atoms with Crippen molar-refractivity contribution in [2.45, 2.75) is 19.0 Å². The van der Waals surface area contributed by atoms with Gasteiger partial charge in [-0.25, -0.2) is 9.64 Å². The van der Waals surface area contributed by atoms with Gasteiger partial charge in [-0.15, -0.1) is 0 Å². The van der Waals surface area contributed by atoms with Gasteiger partial charge in [-0.3, -0.25) is 4.57 Å². The summed E-state index contributed by atoms with van der Waals surface area (Å²) in [6.45, 7) is 7.74. The van der Waals surface area contributed by atoms with Crippen LogP contribution in [0.4, 0.5) is 24.7 Å². The minimum absolute atomic E-state index is 0.0175. The Kier molecular flexibility index (Phi) is 4.71. The van der Waals surface area contributed by atoms with Gasteiger partial charge in [0.05, 0.1) is 28.4 Å². The van der Waals surface area contributed by atoms with Crippen molar-refractivity contribution in [1.29, 1.82) is 0 Å². The lowest BCUT2D eigenvalue weighted by Gasteiger charge is -2.17. The first-order valence-electron chi connectivity index (χ1n) is 8.84. The van der Waals surface area contributed by atoms with Crippen LogP contribution >= 0.6 is 11.6 Å². The summed E-state index contributed by atoms with van der Waals surface area (Å²) >= 11 is 6.20. The molecule has 1 aliphatic carbocycles. The first kappa shape index (κ1) is 19.3. The van der Waals surface area contributed by atoms with E-state index in [0.29, 0.717) is 12.5 Å². The van der Waals surface area contributed by atoms with Crippen molar-refractivity contribution in [3.8, 4) is 5.69 Å². The molecule has 29 heavy (non-hydrogen) atoms. The number of para-hydroxylation sites is 1. The van der Waals surface area contributed by atoms with E-state index in [2.05, 4.69) is 15.1 Å². The van der Waals surface area contributed by atoms with E-state index in [-0.39, 0.29) is 27.4 Å². The van der Waals surface area contributed by atoms with Gasteiger partial charge >= 0.3 is 11.9 Å². The molecule has 0 bridgehead atoms. The molecule has 0 radical (unpaired) electrons. The van der Waals surface area contributed by atoms with Crippen LogP contribution < -0.4 is 11.0 Å². The molecule has 0 amide bonds. The Morgan fingerprint density at radius 3 is 2.62 bits per heavy atom. The lowest BCUT2D eigenvalue weighted by Crippen LogP contribution is -2.24. The zero-order valence-corrected chi connectivity index (χ0v) is 15.7. The number of hydrogen-bond donors (Lipinski definition) is 1. The lowest BCUT2D eigenvalue weighted by molar-refractivity contribution is -0.136. The monoisotopic (exact) mass is 418 g/mol. The molecule has 3 aromatic rings. The summed E-state index contributed by atoms with van der Waals surface area (Å²) in [5.41, 5.74) is -2.22. The first-order chi connectivity index (χ1) is 13.8. The number of hydrogen-bond acceptors (Lipinski definition) is 3. The van der Waals surface area contributed by atoms with Crippen molar-refractivity contribution in [2.24, 2.45) is 5.92 Å². The number of rotatable bonds is 4. The van der Waals surface area contributed by atoms with Gasteiger partial charge in [-0.2, -0.15) is 18.2 Å². The third kappa shape index (κ3) is 3.66. The molecule has 0 unspecified atom stereocenters. The molecule has 0 spiro atoms. The Labute approximate surface area is 168 Å². The second-order valence-electron chi connectivity index (χ2n) is 6.85. The van der Waals surface area contributed by atoms with E-state index in [4.69, 9.17) is 18.2 Å². The molecule has 9 heteroatoms. The van der Waals surface area contributed by atoms with E-state index < -0.39 is 23.1 Å². The molecule has 0 saturated heterocycles. The van der Waals surface area contributed by atoms with Crippen LogP contribution in [-0.2, 0) is 6.18 Å². The van der Waals surface area contributed by atoms with Gasteiger partial charge in [0.25, 0.3) is 0 Å². The number of halogens is 4. The highest BCUT2D eigenvalue weighted by molar-refractivity contribution is 6.32. The molecule has 148 valence electrons. The molecule has 1 aliphatic rings. The maximum Gasteiger partial charge on any atom is 0.407 e. The minimum Gasteiger partial charge on any atom is -0.369 e. The third-order valence-electron chi connectivity index (χ3n) is 4.78. The van der Waals surface area contributed by atoms with Crippen molar-refractivity contribution >= 4 is 34.0 Å².